The summed E-state index contributed by atoms with van der Waals surface area (Å²) in [6.45, 7) is 2.80. The van der Waals surface area contributed by atoms with Gasteiger partial charge in [-0.1, -0.05) is 6.07 Å². The van der Waals surface area contributed by atoms with Crippen molar-refractivity contribution in [3.63, 3.8) is 0 Å². The molecule has 0 aromatic heterocycles. The maximum absolute atomic E-state index is 13.8. The quantitative estimate of drug-likeness (QED) is 0.671. The van der Waals surface area contributed by atoms with Crippen LogP contribution in [0.15, 0.2) is 12.1 Å². The number of carbonyl (C=O) groups excluding carboxylic acids is 1. The Morgan fingerprint density at radius 1 is 1.28 bits per heavy atom. The minimum Gasteiger partial charge on any atom is -0.477 e. The highest BCUT2D eigenvalue weighted by Crippen LogP contribution is 2.40. The number of ketones is 1. The fourth-order valence-electron chi connectivity index (χ4n) is 1.76. The Hall–Kier alpha value is -1.59. The number of benzene rings is 1. The van der Waals surface area contributed by atoms with Crippen LogP contribution in [0.2, 0.25) is 0 Å². The second-order valence-corrected chi connectivity index (χ2v) is 4.63. The van der Waals surface area contributed by atoms with Gasteiger partial charge >= 0.3 is 6.18 Å². The van der Waals surface area contributed by atoms with E-state index in [1.54, 1.807) is 0 Å². The van der Waals surface area contributed by atoms with Gasteiger partial charge in [-0.2, -0.15) is 13.2 Å². The lowest BCUT2D eigenvalue weighted by molar-refractivity contribution is -0.140. The Balaban J connectivity index is 2.57. The minimum absolute atomic E-state index is 0.128. The summed E-state index contributed by atoms with van der Waals surface area (Å²) in [6.07, 6.45) is -4.91. The van der Waals surface area contributed by atoms with Crippen molar-refractivity contribution >= 4 is 5.78 Å². The van der Waals surface area contributed by atoms with Crippen LogP contribution in [0.25, 0.3) is 0 Å². The first-order valence-corrected chi connectivity index (χ1v) is 5.24. The summed E-state index contributed by atoms with van der Waals surface area (Å²) >= 11 is 0. The van der Waals surface area contributed by atoms with Crippen LogP contribution in [-0.2, 0) is 17.4 Å². The van der Waals surface area contributed by atoms with Crippen molar-refractivity contribution in [3.8, 4) is 5.75 Å². The van der Waals surface area contributed by atoms with Crippen LogP contribution in [0, 0.1) is 5.82 Å². The Labute approximate surface area is 101 Å². The summed E-state index contributed by atoms with van der Waals surface area (Å²) in [6, 6.07) is 1.71. The molecule has 0 saturated heterocycles. The first kappa shape index (κ1) is 12.9. The highest BCUT2D eigenvalue weighted by Gasteiger charge is 2.41. The van der Waals surface area contributed by atoms with Crippen LogP contribution < -0.4 is 4.74 Å². The molecule has 0 aliphatic carbocycles. The molecule has 1 aliphatic rings. The molecule has 0 bridgehead atoms. The fraction of sp³-hybridized carbons (Fsp3) is 0.417. The number of hydrogen-bond acceptors (Lipinski definition) is 2. The second-order valence-electron chi connectivity index (χ2n) is 4.63. The van der Waals surface area contributed by atoms with Crippen molar-refractivity contribution in [2.45, 2.75) is 32.0 Å². The lowest BCUT2D eigenvalue weighted by atomic mass is 9.92. The summed E-state index contributed by atoms with van der Waals surface area (Å²) in [5.41, 5.74) is -2.55. The molecule has 1 heterocycles. The minimum atomic E-state index is -4.78. The molecule has 0 amide bonds. The van der Waals surface area contributed by atoms with Crippen LogP contribution in [0.3, 0.4) is 0 Å². The van der Waals surface area contributed by atoms with Crippen molar-refractivity contribution in [1.29, 1.82) is 0 Å². The number of ether oxygens (including phenoxy) is 1. The Kier molecular flexibility index (Phi) is 2.64. The molecule has 0 radical (unpaired) electrons. The zero-order chi connectivity index (χ0) is 13.7. The topological polar surface area (TPSA) is 26.3 Å². The summed E-state index contributed by atoms with van der Waals surface area (Å²) in [5, 5.41) is 0. The summed E-state index contributed by atoms with van der Waals surface area (Å²) in [4.78, 5) is 11.6. The van der Waals surface area contributed by atoms with E-state index in [2.05, 4.69) is 0 Å². The van der Waals surface area contributed by atoms with Crippen molar-refractivity contribution in [1.82, 2.24) is 0 Å². The van der Waals surface area contributed by atoms with E-state index in [0.29, 0.717) is 6.07 Å². The molecular formula is C12H10F4O2. The van der Waals surface area contributed by atoms with Gasteiger partial charge in [0.1, 0.15) is 0 Å². The molecule has 0 atom stereocenters. The molecule has 0 saturated carbocycles. The number of halogens is 4. The Morgan fingerprint density at radius 3 is 2.44 bits per heavy atom. The lowest BCUT2D eigenvalue weighted by Crippen LogP contribution is -2.43. The number of rotatable bonds is 0. The van der Waals surface area contributed by atoms with Crippen molar-refractivity contribution in [3.05, 3.63) is 29.1 Å². The normalized spacial score (nSPS) is 18.2. The zero-order valence-corrected chi connectivity index (χ0v) is 9.69. The second kappa shape index (κ2) is 3.70. The molecule has 18 heavy (non-hydrogen) atoms. The van der Waals surface area contributed by atoms with Crippen molar-refractivity contribution in [2.24, 2.45) is 0 Å². The number of Topliss-reactive ketones (excluding diaryl/α,β-unsaturated/α-hetero) is 1. The largest absolute Gasteiger partial charge is 0.477 e. The van der Waals surface area contributed by atoms with Crippen LogP contribution in [-0.4, -0.2) is 11.4 Å². The smallest absolute Gasteiger partial charge is 0.419 e. The molecule has 2 nitrogen and oxygen atoms in total. The SMILES string of the molecule is CC1(C)Oc2c(ccc(C(F)(F)F)c2F)CC1=O. The lowest BCUT2D eigenvalue weighted by Gasteiger charge is -2.31. The number of fused-ring (bicyclic) bond motifs is 1. The van der Waals surface area contributed by atoms with Crippen molar-refractivity contribution < 1.29 is 27.1 Å². The van der Waals surface area contributed by atoms with Crippen LogP contribution in [0.4, 0.5) is 17.6 Å². The molecule has 0 unspecified atom stereocenters. The third-order valence-corrected chi connectivity index (χ3v) is 2.86. The third kappa shape index (κ3) is 1.95. The molecule has 0 fully saturated rings. The highest BCUT2D eigenvalue weighted by molar-refractivity contribution is 5.90. The predicted octanol–water partition coefficient (Wildman–Crippen LogP) is 3.13. The van der Waals surface area contributed by atoms with Gasteiger partial charge in [0.05, 0.1) is 5.56 Å². The van der Waals surface area contributed by atoms with E-state index < -0.39 is 28.9 Å². The summed E-state index contributed by atoms with van der Waals surface area (Å²) in [7, 11) is 0. The van der Waals surface area contributed by atoms with Gasteiger partial charge in [0, 0.05) is 12.0 Å². The number of carbonyl (C=O) groups is 1. The summed E-state index contributed by atoms with van der Waals surface area (Å²) < 4.78 is 56.4. The van der Waals surface area contributed by atoms with Gasteiger partial charge < -0.3 is 4.74 Å². The molecule has 98 valence electrons. The van der Waals surface area contributed by atoms with Crippen LogP contribution in [0.1, 0.15) is 25.0 Å². The van der Waals surface area contributed by atoms with E-state index >= 15 is 0 Å². The van der Waals surface area contributed by atoms with Gasteiger partial charge in [-0.05, 0) is 19.9 Å². The van der Waals surface area contributed by atoms with E-state index in [9.17, 15) is 22.4 Å². The Morgan fingerprint density at radius 2 is 1.89 bits per heavy atom. The zero-order valence-electron chi connectivity index (χ0n) is 9.69. The van der Waals surface area contributed by atoms with E-state index in [0.717, 1.165) is 6.07 Å². The van der Waals surface area contributed by atoms with E-state index in [-0.39, 0.29) is 17.8 Å². The number of alkyl halides is 3. The van der Waals surface area contributed by atoms with Gasteiger partial charge in [-0.3, -0.25) is 4.79 Å². The predicted molar refractivity (Wildman–Crippen MR) is 54.8 cm³/mol. The molecule has 1 aliphatic heterocycles. The molecule has 6 heteroatoms. The van der Waals surface area contributed by atoms with Gasteiger partial charge in [-0.25, -0.2) is 4.39 Å². The first-order chi connectivity index (χ1) is 8.13. The summed E-state index contributed by atoms with van der Waals surface area (Å²) in [5.74, 6) is -2.23. The van der Waals surface area contributed by atoms with E-state index in [4.69, 9.17) is 4.74 Å². The van der Waals surface area contributed by atoms with E-state index in [1.807, 2.05) is 0 Å². The maximum atomic E-state index is 13.8. The maximum Gasteiger partial charge on any atom is 0.419 e. The van der Waals surface area contributed by atoms with Crippen molar-refractivity contribution in [2.75, 3.05) is 0 Å². The van der Waals surface area contributed by atoms with Gasteiger partial charge in [0.25, 0.3) is 0 Å². The molecule has 1 aromatic rings. The fourth-order valence-corrected chi connectivity index (χ4v) is 1.76. The average Bonchev–Trinajstić information content (AvgIpc) is 2.19. The number of hydrogen-bond donors (Lipinski definition) is 0. The van der Waals surface area contributed by atoms with Gasteiger partial charge in [-0.15, -0.1) is 0 Å². The molecule has 0 N–H and O–H groups in total. The van der Waals surface area contributed by atoms with E-state index in [1.165, 1.54) is 13.8 Å². The monoisotopic (exact) mass is 262 g/mol. The molecule has 2 rings (SSSR count). The average molecular weight is 262 g/mol. The van der Waals surface area contributed by atoms with Crippen LogP contribution in [0.5, 0.6) is 5.75 Å². The van der Waals surface area contributed by atoms with Crippen LogP contribution >= 0.6 is 0 Å². The molecular weight excluding hydrogens is 252 g/mol. The molecule has 0 spiro atoms. The van der Waals surface area contributed by atoms with Gasteiger partial charge in [0.15, 0.2) is 23.0 Å². The highest BCUT2D eigenvalue weighted by atomic mass is 19.4. The standard InChI is InChI=1S/C12H10F4O2/c1-11(2)8(17)5-6-3-4-7(12(14,15)16)9(13)10(6)18-11/h3-4H,5H2,1-2H3. The van der Waals surface area contributed by atoms with Gasteiger partial charge in [0.2, 0.25) is 0 Å². The third-order valence-electron chi connectivity index (χ3n) is 2.86. The molecule has 1 aromatic carbocycles. The first-order valence-electron chi connectivity index (χ1n) is 5.24. The Bertz CT molecular complexity index is 518.